The minimum Gasteiger partial charge on any atom is -1.00 e. The number of aryl methyl sites for hydroxylation is 2. The number of aromatic nitrogens is 1. The van der Waals surface area contributed by atoms with Gasteiger partial charge in [0.1, 0.15) is 0 Å². The van der Waals surface area contributed by atoms with Crippen LogP contribution in [0.1, 0.15) is 22.5 Å². The molecule has 3 nitrogen and oxygen atoms in total. The molecule has 0 bridgehead atoms. The van der Waals surface area contributed by atoms with Crippen molar-refractivity contribution in [3.8, 4) is 0 Å². The van der Waals surface area contributed by atoms with Crippen LogP contribution >= 0.6 is 23.2 Å². The van der Waals surface area contributed by atoms with Crippen LogP contribution < -0.4 is 34.0 Å². The van der Waals surface area contributed by atoms with E-state index >= 15 is 0 Å². The molecule has 164 valence electrons. The maximum absolute atomic E-state index is 6.04. The maximum atomic E-state index is 6.04. The second-order valence-corrected chi connectivity index (χ2v) is 7.39. The van der Waals surface area contributed by atoms with Gasteiger partial charge in [0.2, 0.25) is 0 Å². The Morgan fingerprint density at radius 2 is 1.16 bits per heavy atom. The van der Waals surface area contributed by atoms with E-state index in [2.05, 4.69) is 15.0 Å². The molecule has 1 heterocycles. The standard InChI is InChI=1S/C23H21Cl2N3.2BrH.Fe/c1-16-6-8-18(24)14-22(16)26-12-10-20-4-3-5-21(28-20)11-13-27-23-15-19(25)9-7-17(23)2;;;/h3-9,12-15H,10-11H2,1-2H3;2*1H;/q;;;+2/p-2. The summed E-state index contributed by atoms with van der Waals surface area (Å²) in [6, 6.07) is 17.4. The molecule has 0 N–H and O–H groups in total. The summed E-state index contributed by atoms with van der Waals surface area (Å²) in [7, 11) is 0. The van der Waals surface area contributed by atoms with Crippen molar-refractivity contribution in [2.24, 2.45) is 9.98 Å². The van der Waals surface area contributed by atoms with E-state index in [9.17, 15) is 0 Å². The van der Waals surface area contributed by atoms with Crippen molar-refractivity contribution in [3.05, 3.63) is 87.2 Å². The van der Waals surface area contributed by atoms with Crippen molar-refractivity contribution in [3.63, 3.8) is 0 Å². The monoisotopic (exact) mass is 623 g/mol. The van der Waals surface area contributed by atoms with E-state index in [1.54, 1.807) is 0 Å². The predicted octanol–water partition coefficient (Wildman–Crippen LogP) is 0.901. The Bertz CT molecular complexity index is 964. The van der Waals surface area contributed by atoms with Gasteiger partial charge in [-0.2, -0.15) is 0 Å². The number of benzene rings is 2. The number of hydrogen-bond acceptors (Lipinski definition) is 3. The molecule has 0 spiro atoms. The molecule has 0 fully saturated rings. The molecule has 0 saturated carbocycles. The minimum absolute atomic E-state index is 0. The number of rotatable bonds is 6. The van der Waals surface area contributed by atoms with Gasteiger partial charge in [0.15, 0.2) is 0 Å². The predicted molar refractivity (Wildman–Crippen MR) is 120 cm³/mol. The van der Waals surface area contributed by atoms with Gasteiger partial charge in [0, 0.05) is 46.7 Å². The molecule has 0 aliphatic rings. The van der Waals surface area contributed by atoms with Crippen LogP contribution in [0.25, 0.3) is 0 Å². The molecule has 0 atom stereocenters. The van der Waals surface area contributed by atoms with Crippen molar-refractivity contribution in [2.75, 3.05) is 0 Å². The Hall–Kier alpha value is -1.01. The number of hydrogen-bond donors (Lipinski definition) is 0. The summed E-state index contributed by atoms with van der Waals surface area (Å²) < 4.78 is 0. The van der Waals surface area contributed by atoms with E-state index in [-0.39, 0.29) is 51.0 Å². The number of pyridine rings is 1. The van der Waals surface area contributed by atoms with E-state index in [1.807, 2.05) is 80.9 Å². The Labute approximate surface area is 225 Å². The summed E-state index contributed by atoms with van der Waals surface area (Å²) in [6.07, 6.45) is 5.05. The minimum atomic E-state index is 0. The fourth-order valence-electron chi connectivity index (χ4n) is 2.67. The van der Waals surface area contributed by atoms with E-state index in [0.717, 1.165) is 33.9 Å². The van der Waals surface area contributed by atoms with Crippen LogP contribution in [0.4, 0.5) is 11.4 Å². The molecule has 8 heteroatoms. The third kappa shape index (κ3) is 9.56. The molecule has 31 heavy (non-hydrogen) atoms. The summed E-state index contributed by atoms with van der Waals surface area (Å²) in [5, 5.41) is 1.37. The number of aliphatic imine (C=N–C) groups is 2. The van der Waals surface area contributed by atoms with Crippen molar-refractivity contribution < 1.29 is 51.0 Å². The van der Waals surface area contributed by atoms with Crippen molar-refractivity contribution in [1.29, 1.82) is 0 Å². The van der Waals surface area contributed by atoms with Gasteiger partial charge in [-0.15, -0.1) is 0 Å². The van der Waals surface area contributed by atoms with Gasteiger partial charge < -0.3 is 34.0 Å². The number of halogens is 4. The van der Waals surface area contributed by atoms with E-state index in [4.69, 9.17) is 23.2 Å². The zero-order valence-electron chi connectivity index (χ0n) is 17.0. The average molecular weight is 626 g/mol. The average Bonchev–Trinajstić information content (AvgIpc) is 2.68. The maximum Gasteiger partial charge on any atom is 2.00 e. The van der Waals surface area contributed by atoms with Gasteiger partial charge in [0.25, 0.3) is 0 Å². The smallest absolute Gasteiger partial charge is 1.00 e. The summed E-state index contributed by atoms with van der Waals surface area (Å²) in [4.78, 5) is 13.7. The Balaban J connectivity index is 0.00000300. The van der Waals surface area contributed by atoms with Crippen LogP contribution in [0.2, 0.25) is 10.0 Å². The van der Waals surface area contributed by atoms with Crippen molar-refractivity contribution in [2.45, 2.75) is 26.7 Å². The van der Waals surface area contributed by atoms with Crippen LogP contribution in [0.5, 0.6) is 0 Å². The summed E-state index contributed by atoms with van der Waals surface area (Å²) in [5.41, 5.74) is 5.88. The SMILES string of the molecule is Cc1ccc(Cl)cc1N=CCc1cccc(CC=Nc2cc(Cl)ccc2C)n1.[Br-].[Br-].[Fe+2]. The zero-order valence-corrected chi connectivity index (χ0v) is 22.8. The normalized spacial score (nSPS) is 10.5. The first-order chi connectivity index (χ1) is 13.5. The van der Waals surface area contributed by atoms with Crippen LogP contribution in [0.15, 0.2) is 64.6 Å². The van der Waals surface area contributed by atoms with Gasteiger partial charge in [-0.3, -0.25) is 15.0 Å². The molecular weight excluding hydrogens is 605 g/mol. The fourth-order valence-corrected chi connectivity index (χ4v) is 3.01. The van der Waals surface area contributed by atoms with E-state index in [0.29, 0.717) is 22.9 Å². The van der Waals surface area contributed by atoms with Crippen molar-refractivity contribution >= 4 is 47.0 Å². The molecule has 3 rings (SSSR count). The molecule has 0 aliphatic heterocycles. The summed E-state index contributed by atoms with van der Waals surface area (Å²) in [6.45, 7) is 4.03. The van der Waals surface area contributed by atoms with Gasteiger partial charge in [-0.05, 0) is 61.4 Å². The van der Waals surface area contributed by atoms with Crippen LogP contribution in [0.3, 0.4) is 0 Å². The summed E-state index contributed by atoms with van der Waals surface area (Å²) in [5.74, 6) is 0. The second-order valence-electron chi connectivity index (χ2n) is 6.51. The Morgan fingerprint density at radius 3 is 1.58 bits per heavy atom. The van der Waals surface area contributed by atoms with E-state index in [1.165, 1.54) is 0 Å². The van der Waals surface area contributed by atoms with Crippen LogP contribution in [-0.4, -0.2) is 17.4 Å². The second kappa shape index (κ2) is 14.9. The van der Waals surface area contributed by atoms with Gasteiger partial charge in [0.05, 0.1) is 11.4 Å². The molecule has 3 aromatic rings. The topological polar surface area (TPSA) is 37.6 Å². The fraction of sp³-hybridized carbons (Fsp3) is 0.174. The van der Waals surface area contributed by atoms with Gasteiger partial charge >= 0.3 is 17.1 Å². The van der Waals surface area contributed by atoms with Gasteiger partial charge in [-0.1, -0.05) is 41.4 Å². The van der Waals surface area contributed by atoms with Gasteiger partial charge in [-0.25, -0.2) is 0 Å². The quantitative estimate of drug-likeness (QED) is 0.297. The molecule has 1 aromatic heterocycles. The molecule has 2 aromatic carbocycles. The molecule has 0 radical (unpaired) electrons. The van der Waals surface area contributed by atoms with Crippen molar-refractivity contribution in [1.82, 2.24) is 4.98 Å². The first-order valence-corrected chi connectivity index (χ1v) is 9.79. The first-order valence-electron chi connectivity index (χ1n) is 9.03. The summed E-state index contributed by atoms with van der Waals surface area (Å²) >= 11 is 12.1. The Kier molecular flexibility index (Phi) is 14.5. The van der Waals surface area contributed by atoms with Crippen LogP contribution in [-0.2, 0) is 29.9 Å². The third-order valence-corrected chi connectivity index (χ3v) is 4.74. The largest absolute Gasteiger partial charge is 2.00 e. The molecule has 0 saturated heterocycles. The number of nitrogens with zero attached hydrogens (tertiary/aromatic N) is 3. The van der Waals surface area contributed by atoms with E-state index < -0.39 is 0 Å². The first kappa shape index (κ1) is 30.0. The molecule has 0 amide bonds. The van der Waals surface area contributed by atoms with Crippen LogP contribution in [0, 0.1) is 13.8 Å². The molecular formula is C23H21Br2Cl2FeN3. The Morgan fingerprint density at radius 1 is 0.742 bits per heavy atom. The third-order valence-electron chi connectivity index (χ3n) is 4.27. The molecule has 0 unspecified atom stereocenters. The molecule has 0 aliphatic carbocycles. The zero-order chi connectivity index (χ0) is 19.9.